The molecule has 2 atom stereocenters. The topological polar surface area (TPSA) is 56.7 Å². The molecule has 2 aliphatic rings. The summed E-state index contributed by atoms with van der Waals surface area (Å²) in [7, 11) is 0. The number of aromatic nitrogens is 3. The van der Waals surface area contributed by atoms with Gasteiger partial charge in [0.05, 0.1) is 0 Å². The third kappa shape index (κ3) is 2.50. The van der Waals surface area contributed by atoms with Crippen LogP contribution in [0.25, 0.3) is 0 Å². The number of thioether (sulfide) groups is 1. The van der Waals surface area contributed by atoms with Crippen molar-refractivity contribution in [3.63, 3.8) is 0 Å². The monoisotopic (exact) mass is 252 g/mol. The number of fused-ring (bicyclic) bond motifs is 1. The van der Waals surface area contributed by atoms with E-state index in [1.165, 1.54) is 25.0 Å². The van der Waals surface area contributed by atoms with E-state index in [2.05, 4.69) is 26.5 Å². The smallest absolute Gasteiger partial charge is 0.134 e. The molecule has 5 heteroatoms. The molecule has 1 aromatic heterocycles. The van der Waals surface area contributed by atoms with E-state index in [-0.39, 0.29) is 6.04 Å². The number of hydrogen-bond donors (Lipinski definition) is 1. The van der Waals surface area contributed by atoms with Crippen molar-refractivity contribution in [2.24, 2.45) is 5.73 Å². The molecule has 3 heterocycles. The summed E-state index contributed by atoms with van der Waals surface area (Å²) in [6, 6.07) is 0.288. The van der Waals surface area contributed by atoms with Gasteiger partial charge in [-0.15, -0.1) is 10.2 Å². The van der Waals surface area contributed by atoms with Crippen LogP contribution in [0.4, 0.5) is 0 Å². The maximum atomic E-state index is 6.03. The van der Waals surface area contributed by atoms with Gasteiger partial charge in [-0.2, -0.15) is 11.8 Å². The molecule has 0 spiro atoms. The lowest BCUT2D eigenvalue weighted by Crippen LogP contribution is -2.33. The highest BCUT2D eigenvalue weighted by molar-refractivity contribution is 7.99. The first-order chi connectivity index (χ1) is 8.33. The second-order valence-corrected chi connectivity index (χ2v) is 6.54. The highest BCUT2D eigenvalue weighted by atomic mass is 32.2. The van der Waals surface area contributed by atoms with Gasteiger partial charge < -0.3 is 10.3 Å². The van der Waals surface area contributed by atoms with Crippen LogP contribution in [-0.4, -0.2) is 31.8 Å². The molecular formula is C12H20N4S. The second-order valence-electron chi connectivity index (χ2n) is 5.13. The molecule has 0 radical (unpaired) electrons. The second kappa shape index (κ2) is 4.98. The predicted octanol–water partition coefficient (Wildman–Crippen LogP) is 1.38. The molecule has 94 valence electrons. The Bertz CT molecular complexity index is 384. The molecular weight excluding hydrogens is 232 g/mol. The van der Waals surface area contributed by atoms with Gasteiger partial charge in [0.15, 0.2) is 0 Å². The van der Waals surface area contributed by atoms with Crippen molar-refractivity contribution < 1.29 is 0 Å². The minimum absolute atomic E-state index is 0.288. The predicted molar refractivity (Wildman–Crippen MR) is 70.1 cm³/mol. The zero-order chi connectivity index (χ0) is 11.7. The highest BCUT2D eigenvalue weighted by Gasteiger charge is 2.23. The fraction of sp³-hybridized carbons (Fsp3) is 0.833. The fourth-order valence-electron chi connectivity index (χ4n) is 2.73. The van der Waals surface area contributed by atoms with Crippen LogP contribution in [-0.2, 0) is 19.4 Å². The van der Waals surface area contributed by atoms with Gasteiger partial charge in [0.1, 0.15) is 11.6 Å². The van der Waals surface area contributed by atoms with E-state index in [1.54, 1.807) is 0 Å². The van der Waals surface area contributed by atoms with Crippen molar-refractivity contribution in [3.05, 3.63) is 11.6 Å². The summed E-state index contributed by atoms with van der Waals surface area (Å²) in [5, 5.41) is 9.42. The van der Waals surface area contributed by atoms with E-state index in [9.17, 15) is 0 Å². The molecule has 2 N–H and O–H groups in total. The van der Waals surface area contributed by atoms with Gasteiger partial charge in [0.2, 0.25) is 0 Å². The number of hydrogen-bond acceptors (Lipinski definition) is 4. The Hall–Kier alpha value is -0.550. The molecule has 0 saturated carbocycles. The van der Waals surface area contributed by atoms with E-state index >= 15 is 0 Å². The zero-order valence-corrected chi connectivity index (χ0v) is 11.0. The van der Waals surface area contributed by atoms with E-state index in [0.717, 1.165) is 42.7 Å². The molecule has 1 saturated heterocycles. The van der Waals surface area contributed by atoms with E-state index in [4.69, 9.17) is 5.73 Å². The van der Waals surface area contributed by atoms with E-state index < -0.39 is 0 Å². The Kier molecular flexibility index (Phi) is 3.38. The van der Waals surface area contributed by atoms with Crippen molar-refractivity contribution in [1.82, 2.24) is 14.8 Å². The van der Waals surface area contributed by atoms with Crippen molar-refractivity contribution in [1.29, 1.82) is 0 Å². The van der Waals surface area contributed by atoms with Crippen molar-refractivity contribution >= 4 is 11.8 Å². The zero-order valence-electron chi connectivity index (χ0n) is 10.1. The lowest BCUT2D eigenvalue weighted by Gasteiger charge is -2.24. The summed E-state index contributed by atoms with van der Waals surface area (Å²) < 4.78 is 2.27. The van der Waals surface area contributed by atoms with Crippen LogP contribution < -0.4 is 5.73 Å². The number of nitrogens with two attached hydrogens (primary N) is 1. The maximum Gasteiger partial charge on any atom is 0.134 e. The summed E-state index contributed by atoms with van der Waals surface area (Å²) >= 11 is 2.10. The summed E-state index contributed by atoms with van der Waals surface area (Å²) in [6.07, 6.45) is 7.20. The average Bonchev–Trinajstić information content (AvgIpc) is 2.73. The summed E-state index contributed by atoms with van der Waals surface area (Å²) in [6.45, 7) is 0.912. The van der Waals surface area contributed by atoms with Gasteiger partial charge in [-0.3, -0.25) is 0 Å². The Morgan fingerprint density at radius 1 is 1.29 bits per heavy atom. The average molecular weight is 252 g/mol. The number of nitrogens with zero attached hydrogens (tertiary/aromatic N) is 3. The van der Waals surface area contributed by atoms with Crippen LogP contribution in [0.3, 0.4) is 0 Å². The molecule has 17 heavy (non-hydrogen) atoms. The van der Waals surface area contributed by atoms with Crippen molar-refractivity contribution in [2.75, 3.05) is 5.75 Å². The van der Waals surface area contributed by atoms with E-state index in [0.29, 0.717) is 0 Å². The standard InChI is InChI=1S/C12H20N4S/c13-9-4-5-11-14-15-12(16(11)8-9)7-10-3-1-2-6-17-10/h9-10H,1-8,13H2. The third-order valence-electron chi connectivity index (χ3n) is 3.74. The Morgan fingerprint density at radius 2 is 2.24 bits per heavy atom. The SMILES string of the molecule is NC1CCc2nnc(CC3CCCCS3)n2C1. The largest absolute Gasteiger partial charge is 0.326 e. The van der Waals surface area contributed by atoms with Crippen LogP contribution in [0.1, 0.15) is 37.3 Å². The van der Waals surface area contributed by atoms with Gasteiger partial charge in [0.25, 0.3) is 0 Å². The number of aryl methyl sites for hydroxylation is 1. The fourth-order valence-corrected chi connectivity index (χ4v) is 4.04. The van der Waals surface area contributed by atoms with Crippen molar-refractivity contribution in [3.8, 4) is 0 Å². The summed E-state index contributed by atoms with van der Waals surface area (Å²) in [5.74, 6) is 3.61. The molecule has 3 rings (SSSR count). The highest BCUT2D eigenvalue weighted by Crippen LogP contribution is 2.28. The van der Waals surface area contributed by atoms with Crippen LogP contribution >= 0.6 is 11.8 Å². The first kappa shape index (κ1) is 11.5. The first-order valence-corrected chi connectivity index (χ1v) is 7.66. The molecule has 2 aliphatic heterocycles. The molecule has 1 aromatic rings. The Balaban J connectivity index is 1.72. The van der Waals surface area contributed by atoms with Gasteiger partial charge >= 0.3 is 0 Å². The molecule has 1 fully saturated rings. The van der Waals surface area contributed by atoms with Crippen LogP contribution in [0.2, 0.25) is 0 Å². The lowest BCUT2D eigenvalue weighted by molar-refractivity contribution is 0.441. The third-order valence-corrected chi connectivity index (χ3v) is 5.14. The quantitative estimate of drug-likeness (QED) is 0.864. The van der Waals surface area contributed by atoms with Gasteiger partial charge in [-0.1, -0.05) is 6.42 Å². The Morgan fingerprint density at radius 3 is 3.06 bits per heavy atom. The van der Waals surface area contributed by atoms with E-state index in [1.807, 2.05) is 0 Å². The minimum atomic E-state index is 0.288. The van der Waals surface area contributed by atoms with Gasteiger partial charge in [-0.05, 0) is 25.0 Å². The molecule has 0 amide bonds. The maximum absolute atomic E-state index is 6.03. The van der Waals surface area contributed by atoms with Crippen LogP contribution in [0.5, 0.6) is 0 Å². The van der Waals surface area contributed by atoms with Gasteiger partial charge in [0, 0.05) is 30.7 Å². The van der Waals surface area contributed by atoms with Crippen molar-refractivity contribution in [2.45, 2.75) is 56.4 Å². The first-order valence-electron chi connectivity index (χ1n) is 6.61. The lowest BCUT2D eigenvalue weighted by atomic mass is 10.1. The Labute approximate surface area is 106 Å². The molecule has 4 nitrogen and oxygen atoms in total. The minimum Gasteiger partial charge on any atom is -0.326 e. The molecule has 2 unspecified atom stereocenters. The number of rotatable bonds is 2. The molecule has 0 bridgehead atoms. The van der Waals surface area contributed by atoms with Gasteiger partial charge in [-0.25, -0.2) is 0 Å². The summed E-state index contributed by atoms with van der Waals surface area (Å²) in [5.41, 5.74) is 6.03. The molecule has 0 aliphatic carbocycles. The van der Waals surface area contributed by atoms with Crippen LogP contribution in [0, 0.1) is 0 Å². The van der Waals surface area contributed by atoms with Crippen LogP contribution in [0.15, 0.2) is 0 Å². The normalized spacial score (nSPS) is 29.0. The molecule has 0 aromatic carbocycles. The summed E-state index contributed by atoms with van der Waals surface area (Å²) in [4.78, 5) is 0.